The molecule has 3 rings (SSSR count). The zero-order valence-corrected chi connectivity index (χ0v) is 15.3. The number of primary amides is 1. The molecule has 0 radical (unpaired) electrons. The fourth-order valence-corrected chi connectivity index (χ4v) is 3.30. The summed E-state index contributed by atoms with van der Waals surface area (Å²) in [6.45, 7) is 0.944. The largest absolute Gasteiger partial charge is 0.488 e. The molecule has 2 aromatic rings. The Morgan fingerprint density at radius 3 is 2.68 bits per heavy atom. The zero-order valence-electron chi connectivity index (χ0n) is 15.3. The number of amides is 2. The summed E-state index contributed by atoms with van der Waals surface area (Å²) in [7, 11) is 0. The minimum absolute atomic E-state index is 0.170. The van der Waals surface area contributed by atoms with Crippen LogP contribution >= 0.6 is 0 Å². The van der Waals surface area contributed by atoms with Crippen molar-refractivity contribution in [1.82, 2.24) is 4.90 Å². The van der Waals surface area contributed by atoms with Crippen molar-refractivity contribution in [3.63, 3.8) is 0 Å². The van der Waals surface area contributed by atoms with Gasteiger partial charge in [-0.3, -0.25) is 14.4 Å². The maximum Gasteiger partial charge on any atom is 0.308 e. The molecule has 1 aliphatic rings. The van der Waals surface area contributed by atoms with E-state index in [9.17, 15) is 19.5 Å². The Morgan fingerprint density at radius 1 is 1.14 bits per heavy atom. The van der Waals surface area contributed by atoms with Gasteiger partial charge in [0.05, 0.1) is 11.5 Å². The quantitative estimate of drug-likeness (QED) is 0.797. The lowest BCUT2D eigenvalue weighted by atomic mass is 9.97. The number of nitrogens with zero attached hydrogens (tertiary/aromatic N) is 1. The number of aliphatic carboxylic acids is 1. The molecule has 2 aromatic carbocycles. The van der Waals surface area contributed by atoms with Crippen molar-refractivity contribution in [1.29, 1.82) is 0 Å². The highest BCUT2D eigenvalue weighted by molar-refractivity contribution is 5.95. The Morgan fingerprint density at radius 2 is 1.93 bits per heavy atom. The minimum atomic E-state index is -0.868. The molecule has 1 saturated heterocycles. The molecule has 0 bridgehead atoms. The number of nitrogens with two attached hydrogens (primary N) is 1. The van der Waals surface area contributed by atoms with Crippen molar-refractivity contribution in [2.45, 2.75) is 19.4 Å². The third-order valence-corrected chi connectivity index (χ3v) is 4.78. The zero-order chi connectivity index (χ0) is 20.1. The van der Waals surface area contributed by atoms with Gasteiger partial charge in [-0.2, -0.15) is 0 Å². The number of carbonyl (C=O) groups is 3. The number of piperidine rings is 1. The summed E-state index contributed by atoms with van der Waals surface area (Å²) < 4.78 is 5.71. The van der Waals surface area contributed by atoms with E-state index in [0.717, 1.165) is 5.56 Å². The van der Waals surface area contributed by atoms with E-state index in [-0.39, 0.29) is 19.1 Å². The van der Waals surface area contributed by atoms with Crippen LogP contribution in [0.15, 0.2) is 48.5 Å². The molecule has 1 fully saturated rings. The van der Waals surface area contributed by atoms with Crippen LogP contribution in [-0.2, 0) is 11.4 Å². The van der Waals surface area contributed by atoms with Crippen LogP contribution in [0.4, 0.5) is 0 Å². The molecule has 7 heteroatoms. The fraction of sp³-hybridized carbons (Fsp3) is 0.286. The van der Waals surface area contributed by atoms with Gasteiger partial charge in [0.1, 0.15) is 12.4 Å². The second-order valence-electron chi connectivity index (χ2n) is 6.78. The first-order valence-corrected chi connectivity index (χ1v) is 9.08. The fourth-order valence-electron chi connectivity index (χ4n) is 3.30. The molecule has 28 heavy (non-hydrogen) atoms. The highest BCUT2D eigenvalue weighted by Crippen LogP contribution is 2.21. The lowest BCUT2D eigenvalue weighted by Crippen LogP contribution is -2.42. The Balaban J connectivity index is 1.70. The van der Waals surface area contributed by atoms with E-state index < -0.39 is 17.8 Å². The molecule has 2 amide bonds. The van der Waals surface area contributed by atoms with Gasteiger partial charge in [-0.15, -0.1) is 0 Å². The third-order valence-electron chi connectivity index (χ3n) is 4.78. The summed E-state index contributed by atoms with van der Waals surface area (Å²) in [5.74, 6) is -1.77. The monoisotopic (exact) mass is 382 g/mol. The molecule has 0 unspecified atom stereocenters. The maximum atomic E-state index is 12.8. The molecular weight excluding hydrogens is 360 g/mol. The Labute approximate surface area is 162 Å². The first-order valence-electron chi connectivity index (χ1n) is 9.08. The van der Waals surface area contributed by atoms with Crippen LogP contribution in [0.2, 0.25) is 0 Å². The number of ether oxygens (including phenoxy) is 1. The molecule has 1 aliphatic heterocycles. The average molecular weight is 382 g/mol. The number of rotatable bonds is 6. The van der Waals surface area contributed by atoms with Crippen LogP contribution in [0.1, 0.15) is 39.1 Å². The van der Waals surface area contributed by atoms with Gasteiger partial charge in [-0.25, -0.2) is 0 Å². The number of carbonyl (C=O) groups excluding carboxylic acids is 2. The number of hydrogen-bond donors (Lipinski definition) is 2. The molecule has 0 aliphatic carbocycles. The summed E-state index contributed by atoms with van der Waals surface area (Å²) in [6, 6.07) is 13.7. The van der Waals surface area contributed by atoms with Crippen LogP contribution < -0.4 is 10.5 Å². The highest BCUT2D eigenvalue weighted by atomic mass is 16.5. The first kappa shape index (κ1) is 19.4. The third kappa shape index (κ3) is 4.49. The molecular formula is C21H22N2O5. The van der Waals surface area contributed by atoms with E-state index in [1.54, 1.807) is 47.4 Å². The Hall–Kier alpha value is -3.35. The molecule has 146 valence electrons. The molecule has 0 aromatic heterocycles. The summed E-state index contributed by atoms with van der Waals surface area (Å²) in [6.07, 6.45) is 1.27. The smallest absolute Gasteiger partial charge is 0.308 e. The first-order chi connectivity index (χ1) is 13.5. The summed E-state index contributed by atoms with van der Waals surface area (Å²) in [5, 5.41) is 9.20. The second kappa shape index (κ2) is 8.56. The van der Waals surface area contributed by atoms with E-state index in [1.807, 2.05) is 6.07 Å². The van der Waals surface area contributed by atoms with Crippen molar-refractivity contribution in [3.05, 3.63) is 65.2 Å². The normalized spacial score (nSPS) is 16.4. The van der Waals surface area contributed by atoms with Gasteiger partial charge in [0.15, 0.2) is 0 Å². The van der Waals surface area contributed by atoms with Gasteiger partial charge in [0.25, 0.3) is 11.8 Å². The van der Waals surface area contributed by atoms with Gasteiger partial charge < -0.3 is 20.5 Å². The van der Waals surface area contributed by atoms with E-state index in [1.165, 1.54) is 0 Å². The van der Waals surface area contributed by atoms with Crippen molar-refractivity contribution in [2.75, 3.05) is 13.1 Å². The molecule has 1 atom stereocenters. The van der Waals surface area contributed by atoms with E-state index in [4.69, 9.17) is 10.5 Å². The lowest BCUT2D eigenvalue weighted by molar-refractivity contribution is -0.143. The van der Waals surface area contributed by atoms with Crippen molar-refractivity contribution >= 4 is 17.8 Å². The van der Waals surface area contributed by atoms with Gasteiger partial charge in [-0.05, 0) is 42.7 Å². The molecule has 7 nitrogen and oxygen atoms in total. The Bertz CT molecular complexity index is 896. The SMILES string of the molecule is NC(=O)c1ccccc1OCc1cccc(C(=O)N2CCC[C@@H](C(=O)O)C2)c1. The van der Waals surface area contributed by atoms with Gasteiger partial charge in [0.2, 0.25) is 0 Å². The number of hydrogen-bond acceptors (Lipinski definition) is 4. The number of benzene rings is 2. The van der Waals surface area contributed by atoms with Gasteiger partial charge in [-0.1, -0.05) is 24.3 Å². The van der Waals surface area contributed by atoms with Crippen LogP contribution in [-0.4, -0.2) is 40.9 Å². The van der Waals surface area contributed by atoms with E-state index in [0.29, 0.717) is 36.3 Å². The topological polar surface area (TPSA) is 110 Å². The molecule has 1 heterocycles. The van der Waals surface area contributed by atoms with E-state index in [2.05, 4.69) is 0 Å². The van der Waals surface area contributed by atoms with Crippen LogP contribution in [0.3, 0.4) is 0 Å². The maximum absolute atomic E-state index is 12.8. The highest BCUT2D eigenvalue weighted by Gasteiger charge is 2.28. The average Bonchev–Trinajstić information content (AvgIpc) is 2.72. The predicted molar refractivity (Wildman–Crippen MR) is 102 cm³/mol. The summed E-state index contributed by atoms with van der Waals surface area (Å²) in [4.78, 5) is 37.1. The standard InChI is InChI=1S/C21H22N2O5/c22-19(24)17-8-1-2-9-18(17)28-13-14-5-3-6-15(11-14)20(25)23-10-4-7-16(12-23)21(26)27/h1-3,5-6,8-9,11,16H,4,7,10,12-13H2,(H2,22,24)(H,26,27)/t16-/m1/s1. The van der Waals surface area contributed by atoms with Crippen LogP contribution in [0.5, 0.6) is 5.75 Å². The number of likely N-dealkylation sites (tertiary alicyclic amines) is 1. The minimum Gasteiger partial charge on any atom is -0.488 e. The molecule has 0 spiro atoms. The van der Waals surface area contributed by atoms with Gasteiger partial charge in [0, 0.05) is 18.7 Å². The number of para-hydroxylation sites is 1. The van der Waals surface area contributed by atoms with E-state index >= 15 is 0 Å². The van der Waals surface area contributed by atoms with Crippen LogP contribution in [0, 0.1) is 5.92 Å². The number of carboxylic acids is 1. The number of carboxylic acid groups (broad SMARTS) is 1. The summed E-state index contributed by atoms with van der Waals surface area (Å²) in [5.41, 5.74) is 6.89. The van der Waals surface area contributed by atoms with Crippen molar-refractivity contribution in [2.24, 2.45) is 11.7 Å². The predicted octanol–water partition coefficient (Wildman–Crippen LogP) is 2.30. The molecule has 3 N–H and O–H groups in total. The summed E-state index contributed by atoms with van der Waals surface area (Å²) >= 11 is 0. The lowest BCUT2D eigenvalue weighted by Gasteiger charge is -2.30. The van der Waals surface area contributed by atoms with Gasteiger partial charge >= 0.3 is 5.97 Å². The molecule has 0 saturated carbocycles. The van der Waals surface area contributed by atoms with Crippen molar-refractivity contribution < 1.29 is 24.2 Å². The van der Waals surface area contributed by atoms with Crippen LogP contribution in [0.25, 0.3) is 0 Å². The van der Waals surface area contributed by atoms with Crippen molar-refractivity contribution in [3.8, 4) is 5.75 Å². The Kier molecular flexibility index (Phi) is 5.93. The second-order valence-corrected chi connectivity index (χ2v) is 6.78.